The minimum absolute atomic E-state index is 0.0164. The molecule has 0 radical (unpaired) electrons. The van der Waals surface area contributed by atoms with Crippen LogP contribution in [0.2, 0.25) is 0 Å². The van der Waals surface area contributed by atoms with Crippen molar-refractivity contribution in [2.75, 3.05) is 12.4 Å². The summed E-state index contributed by atoms with van der Waals surface area (Å²) in [6.07, 6.45) is 1.26. The van der Waals surface area contributed by atoms with Crippen molar-refractivity contribution in [3.05, 3.63) is 39.0 Å². The quantitative estimate of drug-likeness (QED) is 0.679. The molecule has 0 unspecified atom stereocenters. The molecule has 5 nitrogen and oxygen atoms in total. The van der Waals surface area contributed by atoms with Crippen LogP contribution in [-0.4, -0.2) is 17.0 Å². The van der Waals surface area contributed by atoms with Gasteiger partial charge >= 0.3 is 5.69 Å². The molecule has 6 heteroatoms. The molecular formula is C10H8BrN3O2. The van der Waals surface area contributed by atoms with Gasteiger partial charge in [0.25, 0.3) is 0 Å². The number of nitro groups is 1. The highest BCUT2D eigenvalue weighted by Gasteiger charge is 2.16. The molecule has 16 heavy (non-hydrogen) atoms. The van der Waals surface area contributed by atoms with E-state index in [2.05, 4.69) is 26.2 Å². The summed E-state index contributed by atoms with van der Waals surface area (Å²) in [5, 5.41) is 14.4. The fraction of sp³-hybridized carbons (Fsp3) is 0.100. The molecular weight excluding hydrogens is 274 g/mol. The van der Waals surface area contributed by atoms with Crippen LogP contribution in [0.1, 0.15) is 0 Å². The van der Waals surface area contributed by atoms with Gasteiger partial charge in [0, 0.05) is 16.9 Å². The van der Waals surface area contributed by atoms with Crippen molar-refractivity contribution in [2.24, 2.45) is 0 Å². The molecule has 0 fully saturated rings. The molecule has 1 heterocycles. The zero-order valence-electron chi connectivity index (χ0n) is 8.40. The molecule has 0 bridgehead atoms. The first-order chi connectivity index (χ1) is 7.63. The van der Waals surface area contributed by atoms with Gasteiger partial charge < -0.3 is 5.32 Å². The number of rotatable bonds is 2. The van der Waals surface area contributed by atoms with Crippen LogP contribution < -0.4 is 5.32 Å². The Morgan fingerprint density at radius 1 is 1.50 bits per heavy atom. The molecule has 1 N–H and O–H groups in total. The second kappa shape index (κ2) is 4.05. The monoisotopic (exact) mass is 281 g/mol. The van der Waals surface area contributed by atoms with Gasteiger partial charge in [0.15, 0.2) is 0 Å². The molecule has 2 rings (SSSR count). The molecule has 0 saturated carbocycles. The van der Waals surface area contributed by atoms with Crippen molar-refractivity contribution < 1.29 is 4.92 Å². The molecule has 2 aromatic rings. The van der Waals surface area contributed by atoms with Crippen LogP contribution >= 0.6 is 15.9 Å². The van der Waals surface area contributed by atoms with E-state index in [-0.39, 0.29) is 5.69 Å². The summed E-state index contributed by atoms with van der Waals surface area (Å²) in [4.78, 5) is 14.4. The van der Waals surface area contributed by atoms with E-state index >= 15 is 0 Å². The van der Waals surface area contributed by atoms with Crippen molar-refractivity contribution >= 4 is 38.2 Å². The number of anilines is 1. The first-order valence-corrected chi connectivity index (χ1v) is 5.33. The lowest BCUT2D eigenvalue weighted by Crippen LogP contribution is -1.98. The Morgan fingerprint density at radius 2 is 2.25 bits per heavy atom. The van der Waals surface area contributed by atoms with E-state index in [1.807, 2.05) is 12.1 Å². The van der Waals surface area contributed by atoms with Crippen LogP contribution in [-0.2, 0) is 0 Å². The summed E-state index contributed by atoms with van der Waals surface area (Å²) in [7, 11) is 1.66. The maximum Gasteiger partial charge on any atom is 0.311 e. The molecule has 0 spiro atoms. The lowest BCUT2D eigenvalue weighted by molar-refractivity contribution is -0.384. The van der Waals surface area contributed by atoms with Crippen LogP contribution in [0.15, 0.2) is 28.9 Å². The number of nitrogens with one attached hydrogen (secondary N) is 1. The number of hydrogen-bond donors (Lipinski definition) is 1. The number of benzene rings is 1. The van der Waals surface area contributed by atoms with Crippen molar-refractivity contribution in [2.45, 2.75) is 0 Å². The van der Waals surface area contributed by atoms with E-state index in [4.69, 9.17) is 0 Å². The summed E-state index contributed by atoms with van der Waals surface area (Å²) >= 11 is 3.33. The Morgan fingerprint density at radius 3 is 2.88 bits per heavy atom. The largest absolute Gasteiger partial charge is 0.382 e. The molecule has 82 valence electrons. The fourth-order valence-corrected chi connectivity index (χ4v) is 1.91. The van der Waals surface area contributed by atoms with Crippen molar-refractivity contribution in [3.8, 4) is 0 Å². The van der Waals surface area contributed by atoms with Gasteiger partial charge in [-0.25, -0.2) is 4.98 Å². The van der Waals surface area contributed by atoms with Gasteiger partial charge in [-0.1, -0.05) is 15.9 Å². The van der Waals surface area contributed by atoms with Gasteiger partial charge in [0.1, 0.15) is 11.9 Å². The third-order valence-corrected chi connectivity index (χ3v) is 2.75. The number of halogens is 1. The van der Waals surface area contributed by atoms with E-state index in [0.717, 1.165) is 9.86 Å². The molecule has 0 aliphatic heterocycles. The van der Waals surface area contributed by atoms with Crippen LogP contribution in [0.5, 0.6) is 0 Å². The third-order valence-electron chi connectivity index (χ3n) is 2.26. The topological polar surface area (TPSA) is 68.1 Å². The Kier molecular flexibility index (Phi) is 2.74. The summed E-state index contributed by atoms with van der Waals surface area (Å²) in [5.74, 6) is 0. The Hall–Kier alpha value is -1.69. The lowest BCUT2D eigenvalue weighted by atomic mass is 10.1. The summed E-state index contributed by atoms with van der Waals surface area (Å²) < 4.78 is 0.892. The van der Waals surface area contributed by atoms with Crippen LogP contribution in [0.25, 0.3) is 10.9 Å². The SMILES string of the molecule is CNc1c([N+](=O)[O-])cnc2cc(Br)ccc12. The van der Waals surface area contributed by atoms with E-state index in [9.17, 15) is 10.1 Å². The van der Waals surface area contributed by atoms with Gasteiger partial charge in [-0.2, -0.15) is 0 Å². The number of pyridine rings is 1. The Balaban J connectivity index is 2.80. The van der Waals surface area contributed by atoms with Crippen molar-refractivity contribution in [1.82, 2.24) is 4.98 Å². The van der Waals surface area contributed by atoms with Crippen molar-refractivity contribution in [1.29, 1.82) is 0 Å². The molecule has 0 saturated heterocycles. The summed E-state index contributed by atoms with van der Waals surface area (Å²) in [5.41, 5.74) is 1.18. The number of hydrogen-bond acceptors (Lipinski definition) is 4. The highest BCUT2D eigenvalue weighted by atomic mass is 79.9. The minimum Gasteiger partial charge on any atom is -0.382 e. The first kappa shape index (κ1) is 10.8. The highest BCUT2D eigenvalue weighted by molar-refractivity contribution is 9.10. The zero-order chi connectivity index (χ0) is 11.7. The molecule has 0 aliphatic carbocycles. The normalized spacial score (nSPS) is 10.4. The standard InChI is InChI=1S/C10H8BrN3O2/c1-12-10-7-3-2-6(11)4-8(7)13-5-9(10)14(15)16/h2-5H,1H3,(H,12,13). The minimum atomic E-state index is -0.444. The second-order valence-corrected chi connectivity index (χ2v) is 4.10. The number of fused-ring (bicyclic) bond motifs is 1. The molecule has 1 aromatic heterocycles. The fourth-order valence-electron chi connectivity index (χ4n) is 1.56. The first-order valence-electron chi connectivity index (χ1n) is 4.54. The summed E-state index contributed by atoms with van der Waals surface area (Å²) in [6.45, 7) is 0. The predicted octanol–water partition coefficient (Wildman–Crippen LogP) is 2.95. The van der Waals surface area contributed by atoms with E-state index in [1.54, 1.807) is 13.1 Å². The predicted molar refractivity (Wildman–Crippen MR) is 65.6 cm³/mol. The molecule has 0 atom stereocenters. The molecule has 0 aliphatic rings. The number of aromatic nitrogens is 1. The van der Waals surface area contributed by atoms with E-state index < -0.39 is 4.92 Å². The van der Waals surface area contributed by atoms with Gasteiger partial charge in [0.2, 0.25) is 0 Å². The second-order valence-electron chi connectivity index (χ2n) is 3.19. The van der Waals surface area contributed by atoms with Gasteiger partial charge in [-0.05, 0) is 18.2 Å². The molecule has 0 amide bonds. The highest BCUT2D eigenvalue weighted by Crippen LogP contribution is 2.32. The smallest absolute Gasteiger partial charge is 0.311 e. The van der Waals surface area contributed by atoms with Crippen LogP contribution in [0.4, 0.5) is 11.4 Å². The Bertz CT molecular complexity index is 571. The van der Waals surface area contributed by atoms with Gasteiger partial charge in [-0.15, -0.1) is 0 Å². The van der Waals surface area contributed by atoms with Gasteiger partial charge in [0.05, 0.1) is 10.4 Å². The average Bonchev–Trinajstić information content (AvgIpc) is 2.26. The average molecular weight is 282 g/mol. The lowest BCUT2D eigenvalue weighted by Gasteiger charge is -2.06. The zero-order valence-corrected chi connectivity index (χ0v) is 9.98. The van der Waals surface area contributed by atoms with E-state index in [1.165, 1.54) is 6.20 Å². The van der Waals surface area contributed by atoms with Gasteiger partial charge in [-0.3, -0.25) is 10.1 Å². The van der Waals surface area contributed by atoms with Crippen LogP contribution in [0, 0.1) is 10.1 Å². The Labute approximate surface area is 99.8 Å². The maximum absolute atomic E-state index is 10.8. The van der Waals surface area contributed by atoms with Crippen LogP contribution in [0.3, 0.4) is 0 Å². The maximum atomic E-state index is 10.8. The van der Waals surface area contributed by atoms with E-state index in [0.29, 0.717) is 11.2 Å². The number of nitrogens with zero attached hydrogens (tertiary/aromatic N) is 2. The summed E-state index contributed by atoms with van der Waals surface area (Å²) in [6, 6.07) is 5.44. The van der Waals surface area contributed by atoms with Crippen molar-refractivity contribution in [3.63, 3.8) is 0 Å². The third kappa shape index (κ3) is 1.71. The molecule has 1 aromatic carbocycles.